The highest BCUT2D eigenvalue weighted by Gasteiger charge is 2.35. The molecule has 16 heavy (non-hydrogen) atoms. The summed E-state index contributed by atoms with van der Waals surface area (Å²) in [5, 5.41) is 1.38. The summed E-state index contributed by atoms with van der Waals surface area (Å²) in [6.45, 7) is 2.94. The van der Waals surface area contributed by atoms with Crippen LogP contribution >= 0.6 is 0 Å². The highest BCUT2D eigenvalue weighted by molar-refractivity contribution is 5.83. The highest BCUT2D eigenvalue weighted by atomic mass is 16.7. The molecule has 0 radical (unpaired) electrons. The van der Waals surface area contributed by atoms with Crippen LogP contribution in [0.5, 0.6) is 0 Å². The van der Waals surface area contributed by atoms with Gasteiger partial charge in [-0.15, -0.1) is 0 Å². The molecule has 2 rings (SSSR count). The molecular weight excluding hydrogens is 204 g/mol. The van der Waals surface area contributed by atoms with Gasteiger partial charge in [0.15, 0.2) is 0 Å². The Morgan fingerprint density at radius 1 is 1.44 bits per heavy atom. The van der Waals surface area contributed by atoms with Gasteiger partial charge in [0.05, 0.1) is 12.6 Å². The van der Waals surface area contributed by atoms with Gasteiger partial charge in [0.25, 0.3) is 5.91 Å². The molecule has 0 bridgehead atoms. The zero-order chi connectivity index (χ0) is 11.5. The number of hydroxylamine groups is 2. The standard InChI is InChI=1S/C12H16N2O2/c1-9-7-14(12(15)11(9)13)16-8-10-5-3-2-4-6-10/h2-6,9,11H,7-8,13H2,1H3/t9-,11-/m1/s1. The van der Waals surface area contributed by atoms with Crippen molar-refractivity contribution in [1.29, 1.82) is 0 Å². The van der Waals surface area contributed by atoms with E-state index < -0.39 is 6.04 Å². The Morgan fingerprint density at radius 3 is 2.69 bits per heavy atom. The molecule has 1 aromatic rings. The predicted octanol–water partition coefficient (Wildman–Crippen LogP) is 0.924. The summed E-state index contributed by atoms with van der Waals surface area (Å²) in [6, 6.07) is 9.34. The first kappa shape index (κ1) is 11.1. The fourth-order valence-electron chi connectivity index (χ4n) is 1.72. The third-order valence-corrected chi connectivity index (χ3v) is 2.83. The molecule has 2 N–H and O–H groups in total. The van der Waals surface area contributed by atoms with Gasteiger partial charge in [-0.05, 0) is 5.56 Å². The molecule has 0 aliphatic carbocycles. The van der Waals surface area contributed by atoms with Gasteiger partial charge in [-0.2, -0.15) is 0 Å². The molecular formula is C12H16N2O2. The van der Waals surface area contributed by atoms with E-state index in [-0.39, 0.29) is 11.8 Å². The zero-order valence-corrected chi connectivity index (χ0v) is 9.30. The Balaban J connectivity index is 1.90. The molecule has 1 fully saturated rings. The van der Waals surface area contributed by atoms with Crippen LogP contribution in [-0.2, 0) is 16.2 Å². The third-order valence-electron chi connectivity index (χ3n) is 2.83. The van der Waals surface area contributed by atoms with Crippen molar-refractivity contribution in [1.82, 2.24) is 5.06 Å². The van der Waals surface area contributed by atoms with Crippen LogP contribution in [0.15, 0.2) is 30.3 Å². The van der Waals surface area contributed by atoms with Gasteiger partial charge in [0, 0.05) is 5.92 Å². The number of carbonyl (C=O) groups is 1. The first-order valence-electron chi connectivity index (χ1n) is 5.42. The van der Waals surface area contributed by atoms with Gasteiger partial charge < -0.3 is 5.73 Å². The summed E-state index contributed by atoms with van der Waals surface area (Å²) < 4.78 is 0. The van der Waals surface area contributed by atoms with E-state index in [4.69, 9.17) is 10.6 Å². The molecule has 1 aliphatic rings. The third kappa shape index (κ3) is 2.23. The molecule has 4 nitrogen and oxygen atoms in total. The molecule has 1 amide bonds. The number of nitrogens with zero attached hydrogens (tertiary/aromatic N) is 1. The molecule has 0 spiro atoms. The molecule has 2 atom stereocenters. The van der Waals surface area contributed by atoms with E-state index in [1.807, 2.05) is 37.3 Å². The minimum absolute atomic E-state index is 0.122. The molecule has 86 valence electrons. The second kappa shape index (κ2) is 4.63. The maximum absolute atomic E-state index is 11.6. The molecule has 0 aromatic heterocycles. The van der Waals surface area contributed by atoms with Crippen molar-refractivity contribution >= 4 is 5.91 Å². The minimum Gasteiger partial charge on any atom is -0.320 e. The molecule has 0 saturated carbocycles. The number of benzene rings is 1. The van der Waals surface area contributed by atoms with Crippen molar-refractivity contribution in [3.05, 3.63) is 35.9 Å². The lowest BCUT2D eigenvalue weighted by molar-refractivity contribution is -0.183. The van der Waals surface area contributed by atoms with Crippen molar-refractivity contribution in [3.63, 3.8) is 0 Å². The Kier molecular flexibility index (Phi) is 3.22. The maximum Gasteiger partial charge on any atom is 0.263 e. The van der Waals surface area contributed by atoms with Crippen LogP contribution in [0, 0.1) is 5.92 Å². The summed E-state index contributed by atoms with van der Waals surface area (Å²) in [4.78, 5) is 17.1. The van der Waals surface area contributed by atoms with Gasteiger partial charge >= 0.3 is 0 Å². The SMILES string of the molecule is C[C@@H]1CN(OCc2ccccc2)C(=O)[C@@H]1N. The second-order valence-corrected chi connectivity index (χ2v) is 4.16. The van der Waals surface area contributed by atoms with Crippen LogP contribution in [-0.4, -0.2) is 23.6 Å². The van der Waals surface area contributed by atoms with E-state index in [1.165, 1.54) is 5.06 Å². The van der Waals surface area contributed by atoms with Gasteiger partial charge in [0.2, 0.25) is 0 Å². The molecule has 0 unspecified atom stereocenters. The monoisotopic (exact) mass is 220 g/mol. The van der Waals surface area contributed by atoms with E-state index in [1.54, 1.807) is 0 Å². The number of nitrogens with two attached hydrogens (primary N) is 1. The summed E-state index contributed by atoms with van der Waals surface area (Å²) in [7, 11) is 0. The van der Waals surface area contributed by atoms with Gasteiger partial charge in [-0.1, -0.05) is 37.3 Å². The average Bonchev–Trinajstić information content (AvgIpc) is 2.56. The van der Waals surface area contributed by atoms with Gasteiger partial charge in [0.1, 0.15) is 6.61 Å². The van der Waals surface area contributed by atoms with Crippen molar-refractivity contribution < 1.29 is 9.63 Å². The van der Waals surface area contributed by atoms with Crippen molar-refractivity contribution in [3.8, 4) is 0 Å². The van der Waals surface area contributed by atoms with Crippen LogP contribution in [0.25, 0.3) is 0 Å². The smallest absolute Gasteiger partial charge is 0.263 e. The Morgan fingerprint density at radius 2 is 2.12 bits per heavy atom. The highest BCUT2D eigenvalue weighted by Crippen LogP contribution is 2.17. The second-order valence-electron chi connectivity index (χ2n) is 4.16. The Labute approximate surface area is 94.9 Å². The molecule has 4 heteroatoms. The fraction of sp³-hybridized carbons (Fsp3) is 0.417. The van der Waals surface area contributed by atoms with Gasteiger partial charge in [-0.25, -0.2) is 5.06 Å². The lowest BCUT2D eigenvalue weighted by atomic mass is 10.1. The van der Waals surface area contributed by atoms with Crippen LogP contribution in [0.4, 0.5) is 0 Å². The summed E-state index contributed by atoms with van der Waals surface area (Å²) >= 11 is 0. The molecule has 1 aliphatic heterocycles. The van der Waals surface area contributed by atoms with Crippen molar-refractivity contribution in [2.75, 3.05) is 6.54 Å². The van der Waals surface area contributed by atoms with E-state index in [9.17, 15) is 4.79 Å². The predicted molar refractivity (Wildman–Crippen MR) is 60.1 cm³/mol. The van der Waals surface area contributed by atoms with E-state index >= 15 is 0 Å². The van der Waals surface area contributed by atoms with Crippen LogP contribution in [0.1, 0.15) is 12.5 Å². The minimum atomic E-state index is -0.421. The largest absolute Gasteiger partial charge is 0.320 e. The molecule has 1 heterocycles. The van der Waals surface area contributed by atoms with Crippen LogP contribution in [0.2, 0.25) is 0 Å². The first-order valence-corrected chi connectivity index (χ1v) is 5.42. The average molecular weight is 220 g/mol. The lowest BCUT2D eigenvalue weighted by Crippen LogP contribution is -2.35. The fourth-order valence-corrected chi connectivity index (χ4v) is 1.72. The molecule has 1 saturated heterocycles. The number of hydrogen-bond donors (Lipinski definition) is 1. The quantitative estimate of drug-likeness (QED) is 0.824. The van der Waals surface area contributed by atoms with Crippen molar-refractivity contribution in [2.24, 2.45) is 11.7 Å². The topological polar surface area (TPSA) is 55.6 Å². The number of rotatable bonds is 3. The number of amides is 1. The maximum atomic E-state index is 11.6. The first-order chi connectivity index (χ1) is 7.68. The van der Waals surface area contributed by atoms with E-state index in [2.05, 4.69) is 0 Å². The lowest BCUT2D eigenvalue weighted by Gasteiger charge is -2.15. The van der Waals surface area contributed by atoms with Crippen LogP contribution < -0.4 is 5.73 Å². The summed E-state index contributed by atoms with van der Waals surface area (Å²) in [5.41, 5.74) is 6.75. The zero-order valence-electron chi connectivity index (χ0n) is 9.30. The summed E-state index contributed by atoms with van der Waals surface area (Å²) in [5.74, 6) is 0.0340. The van der Waals surface area contributed by atoms with E-state index in [0.29, 0.717) is 13.2 Å². The normalized spacial score (nSPS) is 25.1. The van der Waals surface area contributed by atoms with E-state index in [0.717, 1.165) is 5.56 Å². The Bertz CT molecular complexity index is 367. The van der Waals surface area contributed by atoms with Crippen LogP contribution in [0.3, 0.4) is 0 Å². The number of hydrogen-bond acceptors (Lipinski definition) is 3. The molecule has 1 aromatic carbocycles. The Hall–Kier alpha value is -1.39. The van der Waals surface area contributed by atoms with Crippen molar-refractivity contribution in [2.45, 2.75) is 19.6 Å². The van der Waals surface area contributed by atoms with Gasteiger partial charge in [-0.3, -0.25) is 9.63 Å². The summed E-state index contributed by atoms with van der Waals surface area (Å²) in [6.07, 6.45) is 0. The number of carbonyl (C=O) groups excluding carboxylic acids is 1.